The van der Waals surface area contributed by atoms with E-state index in [4.69, 9.17) is 0 Å². The molecular formula is C19H29Br. The Balaban J connectivity index is 2.37. The van der Waals surface area contributed by atoms with Gasteiger partial charge in [-0.25, -0.2) is 0 Å². The van der Waals surface area contributed by atoms with Gasteiger partial charge in [0.25, 0.3) is 0 Å². The number of hydrogen-bond acceptors (Lipinski definition) is 0. The molecule has 0 radical (unpaired) electrons. The SMILES string of the molecule is Cc1c(C)c(C)c(C(Br)C2CCC(C)CC2)c(C)c1C. The summed E-state index contributed by atoms with van der Waals surface area (Å²) in [4.78, 5) is 0.535. The van der Waals surface area contributed by atoms with Gasteiger partial charge in [0, 0.05) is 4.83 Å². The van der Waals surface area contributed by atoms with Crippen molar-refractivity contribution in [2.24, 2.45) is 11.8 Å². The van der Waals surface area contributed by atoms with E-state index in [0.717, 1.165) is 11.8 Å². The molecule has 0 aliphatic heterocycles. The molecule has 0 nitrogen and oxygen atoms in total. The molecule has 20 heavy (non-hydrogen) atoms. The Kier molecular flexibility index (Phi) is 5.00. The average molecular weight is 337 g/mol. The van der Waals surface area contributed by atoms with E-state index in [0.29, 0.717) is 4.83 Å². The lowest BCUT2D eigenvalue weighted by atomic mass is 9.77. The summed E-state index contributed by atoms with van der Waals surface area (Å²) in [6.07, 6.45) is 5.55. The lowest BCUT2D eigenvalue weighted by Crippen LogP contribution is -2.18. The fourth-order valence-corrected chi connectivity index (χ4v) is 4.97. The van der Waals surface area contributed by atoms with Crippen LogP contribution in [0.2, 0.25) is 0 Å². The molecule has 0 aromatic heterocycles. The van der Waals surface area contributed by atoms with Crippen LogP contribution in [0.1, 0.15) is 70.8 Å². The molecule has 1 atom stereocenters. The molecule has 1 aromatic rings. The van der Waals surface area contributed by atoms with Crippen molar-refractivity contribution in [3.8, 4) is 0 Å². The Morgan fingerprint density at radius 3 is 1.60 bits per heavy atom. The predicted octanol–water partition coefficient (Wildman–Crippen LogP) is 6.49. The molecule has 1 fully saturated rings. The van der Waals surface area contributed by atoms with Crippen molar-refractivity contribution in [1.82, 2.24) is 0 Å². The summed E-state index contributed by atoms with van der Waals surface area (Å²) >= 11 is 4.06. The molecule has 1 aliphatic rings. The number of benzene rings is 1. The largest absolute Gasteiger partial charge is 0.0836 e. The molecule has 1 heteroatoms. The molecular weight excluding hydrogens is 308 g/mol. The standard InChI is InChI=1S/C19H29Br/c1-11-7-9-17(10-8-11)19(20)18-15(5)13(3)12(2)14(4)16(18)6/h11,17,19H,7-10H2,1-6H3. The highest BCUT2D eigenvalue weighted by molar-refractivity contribution is 9.09. The van der Waals surface area contributed by atoms with Gasteiger partial charge >= 0.3 is 0 Å². The molecule has 0 heterocycles. The Hall–Kier alpha value is -0.300. The third-order valence-corrected chi connectivity index (χ3v) is 7.01. The molecule has 0 saturated heterocycles. The summed E-state index contributed by atoms with van der Waals surface area (Å²) in [6, 6.07) is 0. The van der Waals surface area contributed by atoms with E-state index in [-0.39, 0.29) is 0 Å². The molecule has 0 N–H and O–H groups in total. The topological polar surface area (TPSA) is 0 Å². The summed E-state index contributed by atoms with van der Waals surface area (Å²) in [6.45, 7) is 13.8. The van der Waals surface area contributed by atoms with Crippen molar-refractivity contribution < 1.29 is 0 Å². The fraction of sp³-hybridized carbons (Fsp3) is 0.684. The van der Waals surface area contributed by atoms with E-state index < -0.39 is 0 Å². The number of alkyl halides is 1. The van der Waals surface area contributed by atoms with Gasteiger partial charge in [-0.05, 0) is 92.7 Å². The van der Waals surface area contributed by atoms with Crippen LogP contribution in [0.3, 0.4) is 0 Å². The highest BCUT2D eigenvalue weighted by Crippen LogP contribution is 2.45. The zero-order valence-corrected chi connectivity index (χ0v) is 15.5. The Bertz CT molecular complexity index is 464. The highest BCUT2D eigenvalue weighted by Gasteiger charge is 2.28. The molecule has 112 valence electrons. The fourth-order valence-electron chi connectivity index (χ4n) is 3.76. The van der Waals surface area contributed by atoms with Crippen LogP contribution in [0, 0.1) is 46.5 Å². The maximum Gasteiger partial charge on any atom is 0.0428 e. The molecule has 0 bridgehead atoms. The van der Waals surface area contributed by atoms with Gasteiger partial charge in [0.15, 0.2) is 0 Å². The minimum atomic E-state index is 0.535. The lowest BCUT2D eigenvalue weighted by Gasteiger charge is -2.32. The first-order valence-electron chi connectivity index (χ1n) is 8.05. The van der Waals surface area contributed by atoms with E-state index in [1.165, 1.54) is 53.5 Å². The minimum Gasteiger partial charge on any atom is -0.0836 e. The van der Waals surface area contributed by atoms with Crippen LogP contribution >= 0.6 is 15.9 Å². The van der Waals surface area contributed by atoms with Crippen LogP contribution in [0.5, 0.6) is 0 Å². The number of hydrogen-bond donors (Lipinski definition) is 0. The van der Waals surface area contributed by atoms with Crippen LogP contribution in [-0.2, 0) is 0 Å². The summed E-state index contributed by atoms with van der Waals surface area (Å²) in [7, 11) is 0. The minimum absolute atomic E-state index is 0.535. The van der Waals surface area contributed by atoms with E-state index in [1.54, 1.807) is 5.56 Å². The zero-order valence-electron chi connectivity index (χ0n) is 13.9. The summed E-state index contributed by atoms with van der Waals surface area (Å²) in [5.41, 5.74) is 9.02. The van der Waals surface area contributed by atoms with Crippen LogP contribution in [-0.4, -0.2) is 0 Å². The molecule has 1 aliphatic carbocycles. The first-order chi connectivity index (χ1) is 9.34. The van der Waals surface area contributed by atoms with Gasteiger partial charge in [-0.15, -0.1) is 0 Å². The lowest BCUT2D eigenvalue weighted by molar-refractivity contribution is 0.287. The Morgan fingerprint density at radius 1 is 0.750 bits per heavy atom. The normalized spacial score (nSPS) is 24.8. The van der Waals surface area contributed by atoms with E-state index in [9.17, 15) is 0 Å². The van der Waals surface area contributed by atoms with Crippen molar-refractivity contribution >= 4 is 15.9 Å². The maximum atomic E-state index is 4.06. The van der Waals surface area contributed by atoms with Crippen molar-refractivity contribution in [3.63, 3.8) is 0 Å². The van der Waals surface area contributed by atoms with Gasteiger partial charge in [0.05, 0.1) is 0 Å². The molecule has 1 unspecified atom stereocenters. The number of rotatable bonds is 2. The van der Waals surface area contributed by atoms with E-state index >= 15 is 0 Å². The van der Waals surface area contributed by atoms with Crippen molar-refractivity contribution in [1.29, 1.82) is 0 Å². The Labute approximate surface area is 133 Å². The second-order valence-electron chi connectivity index (χ2n) is 6.96. The van der Waals surface area contributed by atoms with Crippen molar-refractivity contribution in [3.05, 3.63) is 33.4 Å². The highest BCUT2D eigenvalue weighted by atomic mass is 79.9. The Morgan fingerprint density at radius 2 is 1.15 bits per heavy atom. The van der Waals surface area contributed by atoms with Crippen LogP contribution in [0.4, 0.5) is 0 Å². The van der Waals surface area contributed by atoms with Gasteiger partial charge in [0.1, 0.15) is 0 Å². The monoisotopic (exact) mass is 336 g/mol. The van der Waals surface area contributed by atoms with Gasteiger partial charge in [0.2, 0.25) is 0 Å². The predicted molar refractivity (Wildman–Crippen MR) is 92.9 cm³/mol. The summed E-state index contributed by atoms with van der Waals surface area (Å²) < 4.78 is 0. The third-order valence-electron chi connectivity index (χ3n) is 5.81. The van der Waals surface area contributed by atoms with Crippen LogP contribution in [0.15, 0.2) is 0 Å². The summed E-state index contributed by atoms with van der Waals surface area (Å²) in [5.74, 6) is 1.74. The molecule has 1 saturated carbocycles. The molecule has 0 amide bonds. The zero-order chi connectivity index (χ0) is 15.0. The van der Waals surface area contributed by atoms with E-state index in [2.05, 4.69) is 57.5 Å². The van der Waals surface area contributed by atoms with Crippen molar-refractivity contribution in [2.45, 2.75) is 72.1 Å². The van der Waals surface area contributed by atoms with Gasteiger partial charge in [-0.2, -0.15) is 0 Å². The first kappa shape index (κ1) is 16.1. The van der Waals surface area contributed by atoms with Crippen molar-refractivity contribution in [2.75, 3.05) is 0 Å². The van der Waals surface area contributed by atoms with Gasteiger partial charge in [-0.1, -0.05) is 35.7 Å². The van der Waals surface area contributed by atoms with Crippen LogP contribution < -0.4 is 0 Å². The van der Waals surface area contributed by atoms with Gasteiger partial charge < -0.3 is 0 Å². The molecule has 0 spiro atoms. The summed E-state index contributed by atoms with van der Waals surface area (Å²) in [5, 5.41) is 0. The third kappa shape index (κ3) is 2.84. The van der Waals surface area contributed by atoms with E-state index in [1.807, 2.05) is 0 Å². The first-order valence-corrected chi connectivity index (χ1v) is 8.97. The smallest absolute Gasteiger partial charge is 0.0428 e. The number of halogens is 1. The second kappa shape index (κ2) is 6.22. The maximum absolute atomic E-state index is 4.06. The average Bonchev–Trinajstić information content (AvgIpc) is 2.44. The quantitative estimate of drug-likeness (QED) is 0.541. The second-order valence-corrected chi connectivity index (χ2v) is 7.95. The van der Waals surface area contributed by atoms with Crippen LogP contribution in [0.25, 0.3) is 0 Å². The molecule has 1 aromatic carbocycles. The molecule has 2 rings (SSSR count). The van der Waals surface area contributed by atoms with Gasteiger partial charge in [-0.3, -0.25) is 0 Å².